The van der Waals surface area contributed by atoms with Crippen LogP contribution >= 0.6 is 0 Å². The van der Waals surface area contributed by atoms with Crippen LogP contribution in [0.4, 0.5) is 5.69 Å². The highest BCUT2D eigenvalue weighted by Crippen LogP contribution is 2.10. The molecule has 1 aromatic carbocycles. The molecule has 0 aliphatic carbocycles. The summed E-state index contributed by atoms with van der Waals surface area (Å²) in [5.74, 6) is 0.146. The zero-order valence-corrected chi connectivity index (χ0v) is 8.60. The first-order chi connectivity index (χ1) is 7.26. The third-order valence-electron chi connectivity index (χ3n) is 1.84. The second kappa shape index (κ2) is 5.87. The molecule has 1 rings (SSSR count). The summed E-state index contributed by atoms with van der Waals surface area (Å²) in [5.41, 5.74) is 7.31. The molecule has 0 aliphatic heterocycles. The van der Waals surface area contributed by atoms with Crippen molar-refractivity contribution < 1.29 is 9.94 Å². The van der Waals surface area contributed by atoms with Crippen molar-refractivity contribution in [3.8, 4) is 0 Å². The van der Waals surface area contributed by atoms with Gasteiger partial charge in [-0.3, -0.25) is 0 Å². The fourth-order valence-electron chi connectivity index (χ4n) is 1.17. The molecule has 0 saturated carbocycles. The quantitative estimate of drug-likeness (QED) is 0.292. The van der Waals surface area contributed by atoms with Gasteiger partial charge in [0, 0.05) is 12.8 Å². The Balaban J connectivity index is 2.57. The largest absolute Gasteiger partial charge is 0.409 e. The van der Waals surface area contributed by atoms with Crippen molar-refractivity contribution in [2.24, 2.45) is 10.9 Å². The van der Waals surface area contributed by atoms with Crippen LogP contribution in [0.5, 0.6) is 0 Å². The Morgan fingerprint density at radius 3 is 3.07 bits per heavy atom. The number of nitrogens with one attached hydrogen (secondary N) is 1. The van der Waals surface area contributed by atoms with E-state index in [-0.39, 0.29) is 5.84 Å². The van der Waals surface area contributed by atoms with Crippen molar-refractivity contribution in [2.75, 3.05) is 19.0 Å². The van der Waals surface area contributed by atoms with Gasteiger partial charge in [-0.2, -0.15) is 0 Å². The summed E-state index contributed by atoms with van der Waals surface area (Å²) >= 11 is 0. The summed E-state index contributed by atoms with van der Waals surface area (Å²) in [4.78, 5) is 0. The van der Waals surface area contributed by atoms with Crippen LogP contribution in [-0.2, 0) is 11.3 Å². The molecule has 0 atom stereocenters. The average molecular weight is 209 g/mol. The van der Waals surface area contributed by atoms with Crippen LogP contribution in [0.15, 0.2) is 29.4 Å². The number of methoxy groups -OCH3 is 1. The van der Waals surface area contributed by atoms with E-state index in [0.29, 0.717) is 13.2 Å². The van der Waals surface area contributed by atoms with Gasteiger partial charge in [0.05, 0.1) is 13.2 Å². The Hall–Kier alpha value is -1.75. The summed E-state index contributed by atoms with van der Waals surface area (Å²) in [5, 5.41) is 14.2. The smallest absolute Gasteiger partial charge is 0.158 e. The van der Waals surface area contributed by atoms with Crippen LogP contribution in [0.1, 0.15) is 5.56 Å². The highest BCUT2D eigenvalue weighted by atomic mass is 16.5. The van der Waals surface area contributed by atoms with Crippen LogP contribution in [0.2, 0.25) is 0 Å². The first kappa shape index (κ1) is 11.3. The van der Waals surface area contributed by atoms with Crippen LogP contribution in [0.25, 0.3) is 0 Å². The molecule has 4 N–H and O–H groups in total. The number of nitrogens with zero attached hydrogens (tertiary/aromatic N) is 1. The number of rotatable bonds is 5. The van der Waals surface area contributed by atoms with Gasteiger partial charge in [-0.15, -0.1) is 0 Å². The highest BCUT2D eigenvalue weighted by molar-refractivity contribution is 5.84. The molecule has 0 unspecified atom stereocenters. The van der Waals surface area contributed by atoms with Crippen molar-refractivity contribution in [2.45, 2.75) is 6.61 Å². The van der Waals surface area contributed by atoms with E-state index in [2.05, 4.69) is 10.5 Å². The Morgan fingerprint density at radius 1 is 1.60 bits per heavy atom. The van der Waals surface area contributed by atoms with Gasteiger partial charge in [-0.1, -0.05) is 17.3 Å². The maximum Gasteiger partial charge on any atom is 0.158 e. The van der Waals surface area contributed by atoms with Gasteiger partial charge in [-0.05, 0) is 17.7 Å². The van der Waals surface area contributed by atoms with Gasteiger partial charge in [0.1, 0.15) is 0 Å². The van der Waals surface area contributed by atoms with Crippen molar-refractivity contribution in [1.29, 1.82) is 0 Å². The summed E-state index contributed by atoms with van der Waals surface area (Å²) in [6, 6.07) is 7.75. The molecular weight excluding hydrogens is 194 g/mol. The molecule has 5 nitrogen and oxygen atoms in total. The number of hydrogen-bond acceptors (Lipinski definition) is 4. The molecule has 0 radical (unpaired) electrons. The molecule has 0 spiro atoms. The molecule has 0 amide bonds. The number of ether oxygens (including phenoxy) is 1. The monoisotopic (exact) mass is 209 g/mol. The van der Waals surface area contributed by atoms with Gasteiger partial charge in [0.25, 0.3) is 0 Å². The van der Waals surface area contributed by atoms with Gasteiger partial charge in [-0.25, -0.2) is 0 Å². The van der Waals surface area contributed by atoms with Crippen LogP contribution in [-0.4, -0.2) is 24.7 Å². The molecule has 15 heavy (non-hydrogen) atoms. The van der Waals surface area contributed by atoms with E-state index in [0.717, 1.165) is 11.3 Å². The van der Waals surface area contributed by atoms with Gasteiger partial charge in [0.15, 0.2) is 5.84 Å². The molecule has 5 heteroatoms. The third kappa shape index (κ3) is 3.86. The second-order valence-electron chi connectivity index (χ2n) is 3.08. The molecule has 0 fully saturated rings. The summed E-state index contributed by atoms with van der Waals surface area (Å²) in [7, 11) is 1.65. The molecular formula is C10H15N3O2. The van der Waals surface area contributed by atoms with E-state index in [9.17, 15) is 0 Å². The lowest BCUT2D eigenvalue weighted by Crippen LogP contribution is -2.22. The zero-order chi connectivity index (χ0) is 11.1. The van der Waals surface area contributed by atoms with Gasteiger partial charge < -0.3 is 21.0 Å². The average Bonchev–Trinajstić information content (AvgIpc) is 2.27. The fraction of sp³-hybridized carbons (Fsp3) is 0.300. The molecule has 0 heterocycles. The molecule has 82 valence electrons. The minimum absolute atomic E-state index is 0.146. The molecule has 0 bridgehead atoms. The molecule has 0 aromatic heterocycles. The van der Waals surface area contributed by atoms with E-state index in [1.165, 1.54) is 0 Å². The fourth-order valence-corrected chi connectivity index (χ4v) is 1.17. The van der Waals surface area contributed by atoms with Crippen molar-refractivity contribution in [3.63, 3.8) is 0 Å². The number of oxime groups is 1. The second-order valence-corrected chi connectivity index (χ2v) is 3.08. The van der Waals surface area contributed by atoms with E-state index >= 15 is 0 Å². The van der Waals surface area contributed by atoms with Crippen molar-refractivity contribution in [3.05, 3.63) is 29.8 Å². The maximum absolute atomic E-state index is 8.35. The Labute approximate surface area is 88.5 Å². The molecule has 0 aliphatic rings. The Kier molecular flexibility index (Phi) is 4.43. The molecule has 1 aromatic rings. The Bertz CT molecular complexity index is 339. The summed E-state index contributed by atoms with van der Waals surface area (Å²) in [6.45, 7) is 0.881. The van der Waals surface area contributed by atoms with E-state index < -0.39 is 0 Å². The number of hydrogen-bond donors (Lipinski definition) is 3. The van der Waals surface area contributed by atoms with Gasteiger partial charge in [0.2, 0.25) is 0 Å². The minimum atomic E-state index is 0.146. The van der Waals surface area contributed by atoms with Gasteiger partial charge >= 0.3 is 0 Å². The van der Waals surface area contributed by atoms with Crippen molar-refractivity contribution in [1.82, 2.24) is 0 Å². The third-order valence-corrected chi connectivity index (χ3v) is 1.84. The van der Waals surface area contributed by atoms with E-state index in [1.54, 1.807) is 7.11 Å². The lowest BCUT2D eigenvalue weighted by molar-refractivity contribution is 0.185. The highest BCUT2D eigenvalue weighted by Gasteiger charge is 1.96. The predicted octanol–water partition coefficient (Wildman–Crippen LogP) is 0.991. The lowest BCUT2D eigenvalue weighted by Gasteiger charge is -2.06. The SMILES string of the molecule is COCc1cccc(NCC(N)=NO)c1. The predicted molar refractivity (Wildman–Crippen MR) is 59.1 cm³/mol. The van der Waals surface area contributed by atoms with Crippen LogP contribution in [0.3, 0.4) is 0 Å². The number of benzene rings is 1. The van der Waals surface area contributed by atoms with Crippen LogP contribution < -0.4 is 11.1 Å². The lowest BCUT2D eigenvalue weighted by atomic mass is 10.2. The summed E-state index contributed by atoms with van der Waals surface area (Å²) < 4.78 is 5.01. The minimum Gasteiger partial charge on any atom is -0.409 e. The first-order valence-electron chi connectivity index (χ1n) is 4.54. The zero-order valence-electron chi connectivity index (χ0n) is 8.60. The topological polar surface area (TPSA) is 79.9 Å². The first-order valence-corrected chi connectivity index (χ1v) is 4.54. The van der Waals surface area contributed by atoms with Crippen molar-refractivity contribution >= 4 is 11.5 Å². The number of anilines is 1. The van der Waals surface area contributed by atoms with E-state index in [1.807, 2.05) is 24.3 Å². The standard InChI is InChI=1S/C10H15N3O2/c1-15-7-8-3-2-4-9(5-8)12-6-10(11)13-14/h2-5,12,14H,6-7H2,1H3,(H2,11,13). The van der Waals surface area contributed by atoms with Crippen LogP contribution in [0, 0.1) is 0 Å². The maximum atomic E-state index is 8.35. The normalized spacial score (nSPS) is 11.4. The summed E-state index contributed by atoms with van der Waals surface area (Å²) in [6.07, 6.45) is 0. The number of nitrogens with two attached hydrogens (primary N) is 1. The number of amidine groups is 1. The Morgan fingerprint density at radius 2 is 2.40 bits per heavy atom. The molecule has 0 saturated heterocycles. The van der Waals surface area contributed by atoms with E-state index in [4.69, 9.17) is 15.7 Å².